The molecule has 198 valence electrons. The molecular weight excluding hydrogens is 456 g/mol. The van der Waals surface area contributed by atoms with Gasteiger partial charge in [-0.1, -0.05) is 98.0 Å². The van der Waals surface area contributed by atoms with Crippen LogP contribution in [-0.2, 0) is 0 Å². The van der Waals surface area contributed by atoms with Gasteiger partial charge in [-0.15, -0.1) is 0 Å². The van der Waals surface area contributed by atoms with E-state index in [0.717, 1.165) is 50.5 Å². The molecule has 3 nitrogen and oxygen atoms in total. The van der Waals surface area contributed by atoms with Crippen molar-refractivity contribution in [1.82, 2.24) is 0 Å². The van der Waals surface area contributed by atoms with Gasteiger partial charge in [0.05, 0.1) is 0 Å². The van der Waals surface area contributed by atoms with Gasteiger partial charge in [0.2, 0.25) is 0 Å². The van der Waals surface area contributed by atoms with E-state index in [4.69, 9.17) is 14.2 Å². The molecule has 0 unspecified atom stereocenters. The molecule has 4 rings (SSSR count). The molecule has 4 aromatic rings. The standard InChI is InChI=1S/C26H22O3.C4H10.2C2H6/c1-3-13-27-23-9-5-21-17-25(11-7-19(21)15-23)29-26-12-8-20-16-24(28-14-4-2)10-6-22(20)18-26;1-4(2)3;2*1-2/h3-12,15-18H,1-2,13-14H2;4H,1-3H3;2*1-2H3. The van der Waals surface area contributed by atoms with Crippen molar-refractivity contribution >= 4 is 21.5 Å². The van der Waals surface area contributed by atoms with E-state index in [-0.39, 0.29) is 0 Å². The first-order chi connectivity index (χ1) is 18.0. The summed E-state index contributed by atoms with van der Waals surface area (Å²) in [6.07, 6.45) is 3.47. The first-order valence-corrected chi connectivity index (χ1v) is 13.2. The van der Waals surface area contributed by atoms with Crippen molar-refractivity contribution in [3.63, 3.8) is 0 Å². The van der Waals surface area contributed by atoms with E-state index >= 15 is 0 Å². The molecule has 0 amide bonds. The van der Waals surface area contributed by atoms with Gasteiger partial charge in [-0.3, -0.25) is 0 Å². The smallest absolute Gasteiger partial charge is 0.128 e. The van der Waals surface area contributed by atoms with Crippen LogP contribution in [0.1, 0.15) is 48.5 Å². The highest BCUT2D eigenvalue weighted by molar-refractivity contribution is 5.86. The third-order valence-electron chi connectivity index (χ3n) is 4.54. The largest absolute Gasteiger partial charge is 0.490 e. The highest BCUT2D eigenvalue weighted by Gasteiger charge is 2.04. The fraction of sp³-hybridized carbons (Fsp3) is 0.294. The average Bonchev–Trinajstić information content (AvgIpc) is 2.92. The fourth-order valence-electron chi connectivity index (χ4n) is 3.16. The molecule has 0 heterocycles. The first-order valence-electron chi connectivity index (χ1n) is 13.2. The predicted molar refractivity (Wildman–Crippen MR) is 163 cm³/mol. The Morgan fingerprint density at radius 3 is 1.11 bits per heavy atom. The van der Waals surface area contributed by atoms with Crippen LogP contribution in [0.4, 0.5) is 0 Å². The Morgan fingerprint density at radius 2 is 0.811 bits per heavy atom. The summed E-state index contributed by atoms with van der Waals surface area (Å²) >= 11 is 0. The van der Waals surface area contributed by atoms with Gasteiger partial charge in [-0.05, 0) is 76.0 Å². The summed E-state index contributed by atoms with van der Waals surface area (Å²) in [5, 5.41) is 4.39. The van der Waals surface area contributed by atoms with Gasteiger partial charge >= 0.3 is 0 Å². The lowest BCUT2D eigenvalue weighted by molar-refractivity contribution is 0.363. The van der Waals surface area contributed by atoms with Crippen LogP contribution >= 0.6 is 0 Å². The minimum absolute atomic E-state index is 0.497. The molecule has 0 spiro atoms. The molecule has 37 heavy (non-hydrogen) atoms. The van der Waals surface area contributed by atoms with Crippen molar-refractivity contribution in [2.45, 2.75) is 48.5 Å². The van der Waals surface area contributed by atoms with Crippen molar-refractivity contribution in [1.29, 1.82) is 0 Å². The van der Waals surface area contributed by atoms with Crippen molar-refractivity contribution in [2.75, 3.05) is 13.2 Å². The zero-order chi connectivity index (χ0) is 27.6. The molecular formula is C34H44O3. The van der Waals surface area contributed by atoms with E-state index in [2.05, 4.69) is 33.9 Å². The molecule has 0 radical (unpaired) electrons. The maximum absolute atomic E-state index is 6.10. The van der Waals surface area contributed by atoms with Crippen LogP contribution in [0.25, 0.3) is 21.5 Å². The number of benzene rings is 4. The van der Waals surface area contributed by atoms with Crippen molar-refractivity contribution in [3.05, 3.63) is 98.1 Å². The Hall–Kier alpha value is -3.72. The summed E-state index contributed by atoms with van der Waals surface area (Å²) in [6.45, 7) is 22.8. The Morgan fingerprint density at radius 1 is 0.541 bits per heavy atom. The van der Waals surface area contributed by atoms with E-state index in [1.165, 1.54) is 0 Å². The van der Waals surface area contributed by atoms with Crippen molar-refractivity contribution < 1.29 is 14.2 Å². The maximum Gasteiger partial charge on any atom is 0.128 e. The van der Waals surface area contributed by atoms with Crippen LogP contribution in [-0.4, -0.2) is 13.2 Å². The third-order valence-corrected chi connectivity index (χ3v) is 4.54. The average molecular weight is 501 g/mol. The minimum Gasteiger partial charge on any atom is -0.490 e. The van der Waals surface area contributed by atoms with Crippen molar-refractivity contribution in [2.24, 2.45) is 5.92 Å². The predicted octanol–water partition coefficient (Wildman–Crippen LogP) is 10.6. The number of fused-ring (bicyclic) bond motifs is 2. The number of hydrogen-bond donors (Lipinski definition) is 0. The van der Waals surface area contributed by atoms with Crippen molar-refractivity contribution in [3.8, 4) is 23.0 Å². The maximum atomic E-state index is 6.10. The first kappa shape index (κ1) is 31.3. The van der Waals surface area contributed by atoms with Crippen LogP contribution in [0, 0.1) is 5.92 Å². The van der Waals surface area contributed by atoms with Gasteiger partial charge in [0.25, 0.3) is 0 Å². The molecule has 0 bridgehead atoms. The molecule has 0 aliphatic rings. The van der Waals surface area contributed by atoms with E-state index in [0.29, 0.717) is 13.2 Å². The normalized spacial score (nSPS) is 9.62. The second-order valence-corrected chi connectivity index (χ2v) is 8.37. The molecule has 4 aromatic carbocycles. The van der Waals surface area contributed by atoms with Crippen LogP contribution in [0.5, 0.6) is 23.0 Å². The topological polar surface area (TPSA) is 27.7 Å². The van der Waals surface area contributed by atoms with Crippen LogP contribution in [0.3, 0.4) is 0 Å². The summed E-state index contributed by atoms with van der Waals surface area (Å²) in [7, 11) is 0. The number of hydrogen-bond acceptors (Lipinski definition) is 3. The zero-order valence-electron chi connectivity index (χ0n) is 23.7. The van der Waals surface area contributed by atoms with Gasteiger partial charge in [-0.2, -0.15) is 0 Å². The lowest BCUT2D eigenvalue weighted by atomic mass is 10.1. The van der Waals surface area contributed by atoms with Gasteiger partial charge in [0.15, 0.2) is 0 Å². The summed E-state index contributed by atoms with van der Waals surface area (Å²) in [5.74, 6) is 4.08. The van der Waals surface area contributed by atoms with E-state index in [9.17, 15) is 0 Å². The zero-order valence-corrected chi connectivity index (χ0v) is 23.7. The molecule has 0 N–H and O–H groups in total. The quantitative estimate of drug-likeness (QED) is 0.225. The third kappa shape index (κ3) is 10.8. The molecule has 0 aliphatic heterocycles. The Bertz CT molecular complexity index is 1130. The summed E-state index contributed by atoms with van der Waals surface area (Å²) in [4.78, 5) is 0. The van der Waals surface area contributed by atoms with Crippen LogP contribution < -0.4 is 14.2 Å². The summed E-state index contributed by atoms with van der Waals surface area (Å²) in [5.41, 5.74) is 0. The van der Waals surface area contributed by atoms with Crippen LogP contribution in [0.2, 0.25) is 0 Å². The summed E-state index contributed by atoms with van der Waals surface area (Å²) in [6, 6.07) is 24.1. The monoisotopic (exact) mass is 500 g/mol. The minimum atomic E-state index is 0.497. The molecule has 3 heteroatoms. The highest BCUT2D eigenvalue weighted by atomic mass is 16.5. The lowest BCUT2D eigenvalue weighted by Gasteiger charge is -2.10. The van der Waals surface area contributed by atoms with Gasteiger partial charge in [0, 0.05) is 0 Å². The Kier molecular flexibility index (Phi) is 15.0. The Balaban J connectivity index is 0.000000767. The lowest BCUT2D eigenvalue weighted by Crippen LogP contribution is -1.92. The van der Waals surface area contributed by atoms with Crippen LogP contribution in [0.15, 0.2) is 98.1 Å². The molecule has 0 aliphatic carbocycles. The van der Waals surface area contributed by atoms with E-state index < -0.39 is 0 Å². The second kappa shape index (κ2) is 17.7. The summed E-state index contributed by atoms with van der Waals surface area (Å²) < 4.78 is 17.3. The second-order valence-electron chi connectivity index (χ2n) is 8.37. The SMILES string of the molecule is C=CCOc1ccc2cc(Oc3ccc4cc(OCC=C)ccc4c3)ccc2c1.CC.CC.CC(C)C. The highest BCUT2D eigenvalue weighted by Crippen LogP contribution is 2.30. The molecule has 0 aromatic heterocycles. The number of rotatable bonds is 8. The van der Waals surface area contributed by atoms with Gasteiger partial charge in [-0.25, -0.2) is 0 Å². The molecule has 0 saturated carbocycles. The van der Waals surface area contributed by atoms with Gasteiger partial charge in [0.1, 0.15) is 36.2 Å². The molecule has 0 atom stereocenters. The van der Waals surface area contributed by atoms with Gasteiger partial charge < -0.3 is 14.2 Å². The molecule has 0 saturated heterocycles. The Labute approximate surface area is 224 Å². The molecule has 0 fully saturated rings. The fourth-order valence-corrected chi connectivity index (χ4v) is 3.16. The van der Waals surface area contributed by atoms with E-state index in [1.54, 1.807) is 12.2 Å². The van der Waals surface area contributed by atoms with E-state index in [1.807, 2.05) is 100 Å². The number of ether oxygens (including phenoxy) is 3.